The van der Waals surface area contributed by atoms with Crippen molar-refractivity contribution in [1.82, 2.24) is 0 Å². The minimum Gasteiger partial charge on any atom is -0.484 e. The fourth-order valence-corrected chi connectivity index (χ4v) is 3.21. The van der Waals surface area contributed by atoms with E-state index in [2.05, 4.69) is 10.6 Å². The number of aryl methyl sites for hydroxylation is 2. The van der Waals surface area contributed by atoms with E-state index in [1.54, 1.807) is 55.5 Å². The minimum absolute atomic E-state index is 0.0989. The minimum atomic E-state index is -0.739. The van der Waals surface area contributed by atoms with Crippen LogP contribution in [0.5, 0.6) is 11.5 Å². The summed E-state index contributed by atoms with van der Waals surface area (Å²) in [6.45, 7) is 5.50. The van der Waals surface area contributed by atoms with Crippen LogP contribution in [-0.2, 0) is 9.59 Å². The number of nitrogens with one attached hydrogen (secondary N) is 2. The van der Waals surface area contributed by atoms with E-state index in [1.165, 1.54) is 0 Å². The SMILES string of the molecule is Cc1cc(C)cc(OCC(=O)Nc2ccc(NC(=O)C(C)Oc3ccccc3Cl)cc2)c1. The first-order valence-electron chi connectivity index (χ1n) is 10.1. The smallest absolute Gasteiger partial charge is 0.265 e. The van der Waals surface area contributed by atoms with Crippen LogP contribution in [0.3, 0.4) is 0 Å². The lowest BCUT2D eigenvalue weighted by atomic mass is 10.1. The molecule has 7 heteroatoms. The Morgan fingerprint density at radius 3 is 2.12 bits per heavy atom. The van der Waals surface area contributed by atoms with Crippen LogP contribution in [-0.4, -0.2) is 24.5 Å². The molecule has 0 fully saturated rings. The average Bonchev–Trinajstić information content (AvgIpc) is 2.74. The quantitative estimate of drug-likeness (QED) is 0.481. The first-order valence-corrected chi connectivity index (χ1v) is 10.5. The van der Waals surface area contributed by atoms with Crippen LogP contribution in [0.4, 0.5) is 11.4 Å². The van der Waals surface area contributed by atoms with E-state index in [0.717, 1.165) is 11.1 Å². The van der Waals surface area contributed by atoms with Crippen LogP contribution in [0.15, 0.2) is 66.7 Å². The Bertz CT molecular complexity index is 1080. The zero-order valence-corrected chi connectivity index (χ0v) is 18.9. The van der Waals surface area contributed by atoms with Gasteiger partial charge in [0.15, 0.2) is 12.7 Å². The molecule has 3 rings (SSSR count). The number of rotatable bonds is 8. The Balaban J connectivity index is 1.49. The topological polar surface area (TPSA) is 76.7 Å². The van der Waals surface area contributed by atoms with Crippen molar-refractivity contribution in [3.05, 3.63) is 82.9 Å². The van der Waals surface area contributed by atoms with Crippen molar-refractivity contribution >= 4 is 34.8 Å². The molecule has 1 atom stereocenters. The van der Waals surface area contributed by atoms with Crippen LogP contribution in [0, 0.1) is 13.8 Å². The van der Waals surface area contributed by atoms with Gasteiger partial charge in [-0.1, -0.05) is 29.8 Å². The van der Waals surface area contributed by atoms with Crippen LogP contribution >= 0.6 is 11.6 Å². The monoisotopic (exact) mass is 452 g/mol. The Hall–Kier alpha value is -3.51. The molecule has 0 heterocycles. The number of halogens is 1. The molecule has 166 valence electrons. The molecule has 0 aliphatic carbocycles. The molecule has 0 aromatic heterocycles. The summed E-state index contributed by atoms with van der Waals surface area (Å²) in [4.78, 5) is 24.6. The largest absolute Gasteiger partial charge is 0.484 e. The maximum Gasteiger partial charge on any atom is 0.265 e. The summed E-state index contributed by atoms with van der Waals surface area (Å²) >= 11 is 6.06. The first-order chi connectivity index (χ1) is 15.3. The van der Waals surface area contributed by atoms with Gasteiger partial charge in [-0.25, -0.2) is 0 Å². The van der Waals surface area contributed by atoms with E-state index in [1.807, 2.05) is 32.0 Å². The van der Waals surface area contributed by atoms with Crippen LogP contribution in [0.1, 0.15) is 18.1 Å². The Morgan fingerprint density at radius 2 is 1.50 bits per heavy atom. The number of hydrogen-bond donors (Lipinski definition) is 2. The summed E-state index contributed by atoms with van der Waals surface area (Å²) in [5, 5.41) is 5.98. The summed E-state index contributed by atoms with van der Waals surface area (Å²) < 4.78 is 11.2. The lowest BCUT2D eigenvalue weighted by Crippen LogP contribution is -2.30. The number of amides is 2. The van der Waals surface area contributed by atoms with Gasteiger partial charge < -0.3 is 20.1 Å². The molecule has 0 radical (unpaired) electrons. The van der Waals surface area contributed by atoms with Gasteiger partial charge in [-0.2, -0.15) is 0 Å². The van der Waals surface area contributed by atoms with Gasteiger partial charge in [-0.05, 0) is 80.4 Å². The molecule has 2 N–H and O–H groups in total. The van der Waals surface area contributed by atoms with E-state index >= 15 is 0 Å². The summed E-state index contributed by atoms with van der Waals surface area (Å²) in [6.07, 6.45) is -0.739. The maximum atomic E-state index is 12.4. The van der Waals surface area contributed by atoms with Crippen LogP contribution in [0.25, 0.3) is 0 Å². The second kappa shape index (κ2) is 10.7. The predicted molar refractivity (Wildman–Crippen MR) is 127 cm³/mol. The fraction of sp³-hybridized carbons (Fsp3) is 0.200. The van der Waals surface area contributed by atoms with Crippen LogP contribution in [0.2, 0.25) is 5.02 Å². The second-order valence-electron chi connectivity index (χ2n) is 7.42. The van der Waals surface area contributed by atoms with Gasteiger partial charge >= 0.3 is 0 Å². The molecule has 3 aromatic rings. The Kier molecular flexibility index (Phi) is 7.73. The molecule has 32 heavy (non-hydrogen) atoms. The number of ether oxygens (including phenoxy) is 2. The summed E-state index contributed by atoms with van der Waals surface area (Å²) in [6, 6.07) is 19.6. The van der Waals surface area contributed by atoms with Gasteiger partial charge in [0.05, 0.1) is 5.02 Å². The molecule has 0 spiro atoms. The van der Waals surface area contributed by atoms with Crippen molar-refractivity contribution in [3.63, 3.8) is 0 Å². The second-order valence-corrected chi connectivity index (χ2v) is 7.82. The molecule has 0 saturated carbocycles. The Labute approximate surface area is 192 Å². The van der Waals surface area contributed by atoms with Gasteiger partial charge in [0.25, 0.3) is 11.8 Å². The van der Waals surface area contributed by atoms with E-state index in [4.69, 9.17) is 21.1 Å². The predicted octanol–water partition coefficient (Wildman–Crippen LogP) is 5.38. The third-order valence-corrected chi connectivity index (χ3v) is 4.82. The highest BCUT2D eigenvalue weighted by atomic mass is 35.5. The molecule has 0 aliphatic heterocycles. The van der Waals surface area contributed by atoms with Crippen molar-refractivity contribution in [2.75, 3.05) is 17.2 Å². The highest BCUT2D eigenvalue weighted by Crippen LogP contribution is 2.24. The fourth-order valence-electron chi connectivity index (χ4n) is 3.03. The number of anilines is 2. The number of carbonyl (C=O) groups excluding carboxylic acids is 2. The van der Waals surface area contributed by atoms with Crippen molar-refractivity contribution in [1.29, 1.82) is 0 Å². The third-order valence-electron chi connectivity index (χ3n) is 4.51. The summed E-state index contributed by atoms with van der Waals surface area (Å²) in [5.74, 6) is 0.507. The van der Waals surface area contributed by atoms with Gasteiger partial charge in [0, 0.05) is 11.4 Å². The van der Waals surface area contributed by atoms with Gasteiger partial charge in [0.2, 0.25) is 0 Å². The lowest BCUT2D eigenvalue weighted by molar-refractivity contribution is -0.122. The molecule has 6 nitrogen and oxygen atoms in total. The van der Waals surface area contributed by atoms with E-state index in [9.17, 15) is 9.59 Å². The highest BCUT2D eigenvalue weighted by Gasteiger charge is 2.16. The normalized spacial score (nSPS) is 11.4. The molecule has 0 saturated heterocycles. The number of para-hydroxylation sites is 1. The number of benzene rings is 3. The molecule has 1 unspecified atom stereocenters. The highest BCUT2D eigenvalue weighted by molar-refractivity contribution is 6.32. The zero-order valence-electron chi connectivity index (χ0n) is 18.1. The molecule has 3 aromatic carbocycles. The van der Waals surface area contributed by atoms with Crippen LogP contribution < -0.4 is 20.1 Å². The summed E-state index contributed by atoms with van der Waals surface area (Å²) in [5.41, 5.74) is 3.32. The van der Waals surface area contributed by atoms with Crippen molar-refractivity contribution in [3.8, 4) is 11.5 Å². The average molecular weight is 453 g/mol. The molecule has 2 amide bonds. The standard InChI is InChI=1S/C25H25ClN2O4/c1-16-12-17(2)14-21(13-16)31-15-24(29)27-19-8-10-20(11-9-19)28-25(30)18(3)32-23-7-5-4-6-22(23)26/h4-14,18H,15H2,1-3H3,(H,27,29)(H,28,30). The van der Waals surface area contributed by atoms with Crippen molar-refractivity contribution in [2.24, 2.45) is 0 Å². The van der Waals surface area contributed by atoms with E-state index < -0.39 is 6.10 Å². The number of carbonyl (C=O) groups is 2. The molecule has 0 aliphatic rings. The van der Waals surface area contributed by atoms with Gasteiger partial charge in [-0.15, -0.1) is 0 Å². The molecular weight excluding hydrogens is 428 g/mol. The van der Waals surface area contributed by atoms with Gasteiger partial charge in [0.1, 0.15) is 11.5 Å². The summed E-state index contributed by atoms with van der Waals surface area (Å²) in [7, 11) is 0. The van der Waals surface area contributed by atoms with Gasteiger partial charge in [-0.3, -0.25) is 9.59 Å². The molecule has 0 bridgehead atoms. The zero-order chi connectivity index (χ0) is 23.1. The van der Waals surface area contributed by atoms with E-state index in [-0.39, 0.29) is 18.4 Å². The Morgan fingerprint density at radius 1 is 0.906 bits per heavy atom. The number of hydrogen-bond acceptors (Lipinski definition) is 4. The maximum absolute atomic E-state index is 12.4. The lowest BCUT2D eigenvalue weighted by Gasteiger charge is -2.16. The van der Waals surface area contributed by atoms with E-state index in [0.29, 0.717) is 27.9 Å². The first kappa shape index (κ1) is 23.2. The third kappa shape index (κ3) is 6.75. The molecular formula is C25H25ClN2O4. The van der Waals surface area contributed by atoms with Crippen molar-refractivity contribution in [2.45, 2.75) is 26.9 Å². The van der Waals surface area contributed by atoms with Crippen molar-refractivity contribution < 1.29 is 19.1 Å².